The highest BCUT2D eigenvalue weighted by Gasteiger charge is 2.25. The topological polar surface area (TPSA) is 55.2 Å². The van der Waals surface area contributed by atoms with Crippen molar-refractivity contribution in [3.63, 3.8) is 0 Å². The first-order valence-electron chi connectivity index (χ1n) is 4.42. The highest BCUT2D eigenvalue weighted by molar-refractivity contribution is 9.09. The molecule has 0 aliphatic carbocycles. The van der Waals surface area contributed by atoms with Gasteiger partial charge in [0.05, 0.1) is 6.20 Å². The summed E-state index contributed by atoms with van der Waals surface area (Å²) in [4.78, 5) is 0.223. The number of aromatic nitrogens is 2. The Morgan fingerprint density at radius 1 is 1.67 bits per heavy atom. The molecule has 0 spiro atoms. The summed E-state index contributed by atoms with van der Waals surface area (Å²) < 4.78 is 26.8. The molecule has 0 saturated heterocycles. The molecule has 0 radical (unpaired) electrons. The van der Waals surface area contributed by atoms with E-state index in [1.54, 1.807) is 14.1 Å². The van der Waals surface area contributed by atoms with E-state index < -0.39 is 10.0 Å². The third kappa shape index (κ3) is 2.59. The molecular weight excluding hydrogens is 282 g/mol. The predicted octanol–water partition coefficient (Wildman–Crippen LogP) is 0.824. The Morgan fingerprint density at radius 3 is 2.67 bits per heavy atom. The highest BCUT2D eigenvalue weighted by Crippen LogP contribution is 2.16. The van der Waals surface area contributed by atoms with E-state index in [-0.39, 0.29) is 10.9 Å². The summed E-state index contributed by atoms with van der Waals surface area (Å²) in [6.07, 6.45) is 2.85. The maximum Gasteiger partial charge on any atom is 0.246 e. The average Bonchev–Trinajstić information content (AvgIpc) is 2.63. The summed E-state index contributed by atoms with van der Waals surface area (Å²) in [5.74, 6) is 0. The van der Waals surface area contributed by atoms with E-state index in [9.17, 15) is 8.42 Å². The van der Waals surface area contributed by atoms with Gasteiger partial charge in [-0.05, 0) is 6.92 Å². The molecule has 0 aromatic carbocycles. The standard InChI is InChI=1S/C8H14BrN3O2S/c1-7(4-9)12(3)15(13,14)8-5-10-11(2)6-8/h5-7H,4H2,1-3H3. The number of hydrogen-bond acceptors (Lipinski definition) is 3. The van der Waals surface area contributed by atoms with Crippen molar-refractivity contribution in [2.45, 2.75) is 17.9 Å². The predicted molar refractivity (Wildman–Crippen MR) is 61.4 cm³/mol. The van der Waals surface area contributed by atoms with Gasteiger partial charge in [-0.2, -0.15) is 9.40 Å². The third-order valence-electron chi connectivity index (χ3n) is 2.20. The van der Waals surface area contributed by atoms with Gasteiger partial charge in [0.25, 0.3) is 0 Å². The van der Waals surface area contributed by atoms with E-state index in [0.717, 1.165) is 0 Å². The second-order valence-corrected chi connectivity index (χ2v) is 6.02. The van der Waals surface area contributed by atoms with Gasteiger partial charge in [0.15, 0.2) is 0 Å². The number of hydrogen-bond donors (Lipinski definition) is 0. The fourth-order valence-electron chi connectivity index (χ4n) is 1.03. The molecule has 1 atom stereocenters. The first-order chi connectivity index (χ1) is 6.89. The molecule has 0 aliphatic rings. The summed E-state index contributed by atoms with van der Waals surface area (Å²) in [5.41, 5.74) is 0. The van der Waals surface area contributed by atoms with Crippen LogP contribution >= 0.6 is 15.9 Å². The minimum Gasteiger partial charge on any atom is -0.274 e. The lowest BCUT2D eigenvalue weighted by atomic mass is 10.4. The quantitative estimate of drug-likeness (QED) is 0.773. The molecule has 1 unspecified atom stereocenters. The molecule has 0 bridgehead atoms. The lowest BCUT2D eigenvalue weighted by Crippen LogP contribution is -2.35. The Balaban J connectivity index is 3.03. The molecule has 0 N–H and O–H groups in total. The summed E-state index contributed by atoms with van der Waals surface area (Å²) in [6.45, 7) is 1.84. The van der Waals surface area contributed by atoms with Crippen LogP contribution < -0.4 is 0 Å². The molecule has 7 heteroatoms. The largest absolute Gasteiger partial charge is 0.274 e. The maximum absolute atomic E-state index is 12.0. The van der Waals surface area contributed by atoms with Crippen molar-refractivity contribution in [1.82, 2.24) is 14.1 Å². The van der Waals surface area contributed by atoms with Crippen molar-refractivity contribution in [3.05, 3.63) is 12.4 Å². The van der Waals surface area contributed by atoms with Crippen LogP contribution in [0.1, 0.15) is 6.92 Å². The lowest BCUT2D eigenvalue weighted by Gasteiger charge is -2.21. The number of nitrogens with zero attached hydrogens (tertiary/aromatic N) is 3. The summed E-state index contributed by atoms with van der Waals surface area (Å²) in [5, 5.41) is 4.45. The number of halogens is 1. The molecule has 5 nitrogen and oxygen atoms in total. The van der Waals surface area contributed by atoms with Crippen LogP contribution in [0.2, 0.25) is 0 Å². The second-order valence-electron chi connectivity index (χ2n) is 3.37. The molecule has 0 fully saturated rings. The van der Waals surface area contributed by atoms with E-state index in [2.05, 4.69) is 21.0 Å². The molecule has 0 amide bonds. The highest BCUT2D eigenvalue weighted by atomic mass is 79.9. The van der Waals surface area contributed by atoms with Gasteiger partial charge in [0, 0.05) is 31.7 Å². The van der Waals surface area contributed by atoms with Crippen LogP contribution in [0.5, 0.6) is 0 Å². The molecule has 1 aromatic rings. The number of rotatable bonds is 4. The van der Waals surface area contributed by atoms with Crippen molar-refractivity contribution in [2.75, 3.05) is 12.4 Å². The van der Waals surface area contributed by atoms with Gasteiger partial charge in [-0.1, -0.05) is 15.9 Å². The smallest absolute Gasteiger partial charge is 0.246 e. The van der Waals surface area contributed by atoms with Gasteiger partial charge < -0.3 is 0 Å². The Hall–Kier alpha value is -0.400. The molecule has 1 heterocycles. The maximum atomic E-state index is 12.0. The molecule has 15 heavy (non-hydrogen) atoms. The molecule has 1 rings (SSSR count). The Kier molecular flexibility index (Phi) is 3.91. The molecule has 0 saturated carbocycles. The van der Waals surface area contributed by atoms with Crippen LogP contribution in [0.3, 0.4) is 0 Å². The van der Waals surface area contributed by atoms with Gasteiger partial charge in [0.2, 0.25) is 10.0 Å². The van der Waals surface area contributed by atoms with Crippen molar-refractivity contribution in [3.8, 4) is 0 Å². The fraction of sp³-hybridized carbons (Fsp3) is 0.625. The monoisotopic (exact) mass is 295 g/mol. The van der Waals surface area contributed by atoms with Gasteiger partial charge >= 0.3 is 0 Å². The van der Waals surface area contributed by atoms with E-state index in [1.165, 1.54) is 21.4 Å². The zero-order valence-corrected chi connectivity index (χ0v) is 11.3. The average molecular weight is 296 g/mol. The van der Waals surface area contributed by atoms with Crippen LogP contribution in [0.15, 0.2) is 17.3 Å². The molecule has 0 aliphatic heterocycles. The fourth-order valence-corrected chi connectivity index (χ4v) is 3.01. The summed E-state index contributed by atoms with van der Waals surface area (Å²) in [7, 11) is -0.158. The summed E-state index contributed by atoms with van der Waals surface area (Å²) in [6, 6.07) is -0.0878. The van der Waals surface area contributed by atoms with Crippen molar-refractivity contribution in [2.24, 2.45) is 7.05 Å². The van der Waals surface area contributed by atoms with Gasteiger partial charge in [-0.3, -0.25) is 4.68 Å². The number of aryl methyl sites for hydroxylation is 1. The van der Waals surface area contributed by atoms with E-state index in [0.29, 0.717) is 5.33 Å². The Morgan fingerprint density at radius 2 is 2.27 bits per heavy atom. The van der Waals surface area contributed by atoms with E-state index in [4.69, 9.17) is 0 Å². The normalized spacial score (nSPS) is 14.5. The van der Waals surface area contributed by atoms with Gasteiger partial charge in [-0.25, -0.2) is 8.42 Å². The third-order valence-corrected chi connectivity index (χ3v) is 5.06. The Labute approximate surface area is 98.3 Å². The van der Waals surface area contributed by atoms with Crippen molar-refractivity contribution in [1.29, 1.82) is 0 Å². The molecule has 86 valence electrons. The van der Waals surface area contributed by atoms with Gasteiger partial charge in [-0.15, -0.1) is 0 Å². The van der Waals surface area contributed by atoms with Crippen LogP contribution in [0, 0.1) is 0 Å². The number of alkyl halides is 1. The van der Waals surface area contributed by atoms with Crippen LogP contribution in [0.25, 0.3) is 0 Å². The van der Waals surface area contributed by atoms with Crippen LogP contribution in [0.4, 0.5) is 0 Å². The second kappa shape index (κ2) is 4.63. The first-order valence-corrected chi connectivity index (χ1v) is 6.98. The zero-order chi connectivity index (χ0) is 11.6. The lowest BCUT2D eigenvalue weighted by molar-refractivity contribution is 0.416. The van der Waals surface area contributed by atoms with Crippen molar-refractivity contribution < 1.29 is 8.42 Å². The van der Waals surface area contributed by atoms with Gasteiger partial charge in [0.1, 0.15) is 4.90 Å². The first kappa shape index (κ1) is 12.7. The minimum absolute atomic E-state index is 0.0878. The van der Waals surface area contributed by atoms with Crippen LogP contribution in [-0.2, 0) is 17.1 Å². The van der Waals surface area contributed by atoms with E-state index >= 15 is 0 Å². The molecule has 1 aromatic heterocycles. The summed E-state index contributed by atoms with van der Waals surface area (Å²) >= 11 is 3.26. The SMILES string of the molecule is CC(CBr)N(C)S(=O)(=O)c1cnn(C)c1. The van der Waals surface area contributed by atoms with Crippen LogP contribution in [-0.4, -0.2) is 40.9 Å². The zero-order valence-electron chi connectivity index (χ0n) is 8.88. The van der Waals surface area contributed by atoms with Crippen molar-refractivity contribution >= 4 is 26.0 Å². The minimum atomic E-state index is -3.41. The Bertz CT molecular complexity index is 429. The molecular formula is C8H14BrN3O2S. The number of sulfonamides is 1. The van der Waals surface area contributed by atoms with E-state index in [1.807, 2.05) is 6.92 Å².